The lowest BCUT2D eigenvalue weighted by atomic mass is 10.0. The summed E-state index contributed by atoms with van der Waals surface area (Å²) in [7, 11) is 0. The first-order valence-electron chi connectivity index (χ1n) is 9.30. The first kappa shape index (κ1) is 20.7. The second-order valence-corrected chi connectivity index (χ2v) is 8.14. The molecule has 0 bridgehead atoms. The van der Waals surface area contributed by atoms with E-state index in [1.165, 1.54) is 6.07 Å². The maximum atomic E-state index is 12.6. The van der Waals surface area contributed by atoms with Gasteiger partial charge in [-0.25, -0.2) is 4.68 Å². The Balaban J connectivity index is 1.62. The molecular formula is C21H17Cl3N4O2. The lowest BCUT2D eigenvalue weighted by Crippen LogP contribution is -2.24. The van der Waals surface area contributed by atoms with E-state index in [-0.39, 0.29) is 18.2 Å². The average molecular weight is 464 g/mol. The van der Waals surface area contributed by atoms with Gasteiger partial charge in [-0.2, -0.15) is 5.10 Å². The molecule has 30 heavy (non-hydrogen) atoms. The van der Waals surface area contributed by atoms with Gasteiger partial charge in [-0.15, -0.1) is 0 Å². The number of nitrogens with zero attached hydrogens (tertiary/aromatic N) is 2. The Bertz CT molecular complexity index is 1160. The molecule has 0 spiro atoms. The van der Waals surface area contributed by atoms with E-state index >= 15 is 0 Å². The third-order valence-corrected chi connectivity index (χ3v) is 5.64. The van der Waals surface area contributed by atoms with Gasteiger partial charge in [0.05, 0.1) is 22.8 Å². The van der Waals surface area contributed by atoms with Crippen molar-refractivity contribution in [1.82, 2.24) is 9.78 Å². The van der Waals surface area contributed by atoms with Crippen molar-refractivity contribution in [2.45, 2.75) is 25.8 Å². The van der Waals surface area contributed by atoms with Crippen LogP contribution in [0.3, 0.4) is 0 Å². The summed E-state index contributed by atoms with van der Waals surface area (Å²) in [6, 6.07) is 11.4. The van der Waals surface area contributed by atoms with Gasteiger partial charge in [-0.05, 0) is 42.3 Å². The highest BCUT2D eigenvalue weighted by molar-refractivity contribution is 6.36. The van der Waals surface area contributed by atoms with Crippen molar-refractivity contribution in [3.63, 3.8) is 0 Å². The van der Waals surface area contributed by atoms with Gasteiger partial charge >= 0.3 is 0 Å². The molecule has 6 nitrogen and oxygen atoms in total. The molecule has 1 aromatic heterocycles. The number of carbonyl (C=O) groups is 2. The van der Waals surface area contributed by atoms with Crippen molar-refractivity contribution in [3.8, 4) is 11.1 Å². The van der Waals surface area contributed by atoms with Crippen molar-refractivity contribution in [3.05, 3.63) is 63.2 Å². The molecule has 1 aliphatic heterocycles. The molecule has 2 heterocycles. The zero-order chi connectivity index (χ0) is 21.4. The van der Waals surface area contributed by atoms with Crippen LogP contribution in [0.4, 0.5) is 11.5 Å². The number of halogens is 3. The number of anilines is 2. The molecule has 0 fully saturated rings. The monoisotopic (exact) mass is 462 g/mol. The Morgan fingerprint density at radius 1 is 1.17 bits per heavy atom. The number of rotatable bonds is 5. The topological polar surface area (TPSA) is 76.0 Å². The SMILES string of the molecule is CCc1nn2c(c1-c1cccc(Cl)c1)NC(=O)C2CC(=O)Nc1ccc(Cl)cc1Cl. The van der Waals surface area contributed by atoms with Gasteiger partial charge in [0.2, 0.25) is 5.91 Å². The van der Waals surface area contributed by atoms with E-state index in [4.69, 9.17) is 34.8 Å². The molecule has 1 atom stereocenters. The van der Waals surface area contributed by atoms with Crippen LogP contribution in [0.2, 0.25) is 15.1 Å². The van der Waals surface area contributed by atoms with Crippen LogP contribution in [0.25, 0.3) is 11.1 Å². The molecule has 0 saturated carbocycles. The first-order valence-corrected chi connectivity index (χ1v) is 10.4. The number of carbonyl (C=O) groups excluding carboxylic acids is 2. The summed E-state index contributed by atoms with van der Waals surface area (Å²) >= 11 is 18.2. The predicted octanol–water partition coefficient (Wildman–Crippen LogP) is 5.59. The molecule has 0 radical (unpaired) electrons. The standard InChI is InChI=1S/C21H17Cl3N4O2/c1-2-15-19(11-4-3-5-12(22)8-11)20-26-21(30)17(28(20)27-15)10-18(29)25-16-7-6-13(23)9-14(16)24/h3-9,17H,2,10H2,1H3,(H,25,29)(H,26,30). The second-order valence-electron chi connectivity index (χ2n) is 6.86. The molecule has 2 N–H and O–H groups in total. The van der Waals surface area contributed by atoms with Crippen molar-refractivity contribution < 1.29 is 9.59 Å². The van der Waals surface area contributed by atoms with Gasteiger partial charge in [0.1, 0.15) is 11.9 Å². The minimum Gasteiger partial charge on any atom is -0.325 e. The van der Waals surface area contributed by atoms with Crippen LogP contribution in [-0.4, -0.2) is 21.6 Å². The Morgan fingerprint density at radius 3 is 2.63 bits per heavy atom. The minimum absolute atomic E-state index is 0.0857. The van der Waals surface area contributed by atoms with E-state index < -0.39 is 6.04 Å². The summed E-state index contributed by atoms with van der Waals surface area (Å²) in [5.41, 5.74) is 2.92. The summed E-state index contributed by atoms with van der Waals surface area (Å²) in [6.07, 6.45) is 0.578. The predicted molar refractivity (Wildman–Crippen MR) is 119 cm³/mol. The molecule has 4 rings (SSSR count). The number of benzene rings is 2. The highest BCUT2D eigenvalue weighted by atomic mass is 35.5. The van der Waals surface area contributed by atoms with Crippen LogP contribution in [0.15, 0.2) is 42.5 Å². The third kappa shape index (κ3) is 3.90. The van der Waals surface area contributed by atoms with Crippen LogP contribution < -0.4 is 10.6 Å². The van der Waals surface area contributed by atoms with E-state index in [0.717, 1.165) is 16.8 Å². The van der Waals surface area contributed by atoms with Crippen molar-refractivity contribution >= 4 is 58.1 Å². The van der Waals surface area contributed by atoms with Gasteiger partial charge < -0.3 is 10.6 Å². The number of fused-ring (bicyclic) bond motifs is 1. The van der Waals surface area contributed by atoms with Crippen LogP contribution >= 0.6 is 34.8 Å². The van der Waals surface area contributed by atoms with E-state index in [1.807, 2.05) is 25.1 Å². The van der Waals surface area contributed by atoms with E-state index in [9.17, 15) is 9.59 Å². The van der Waals surface area contributed by atoms with Crippen molar-refractivity contribution in [1.29, 1.82) is 0 Å². The number of hydrogen-bond acceptors (Lipinski definition) is 3. The van der Waals surface area contributed by atoms with E-state index in [2.05, 4.69) is 15.7 Å². The number of hydrogen-bond donors (Lipinski definition) is 2. The molecule has 154 valence electrons. The van der Waals surface area contributed by atoms with E-state index in [1.54, 1.807) is 22.9 Å². The molecular weight excluding hydrogens is 447 g/mol. The number of aromatic nitrogens is 2. The van der Waals surface area contributed by atoms with Crippen LogP contribution in [0, 0.1) is 0 Å². The number of aryl methyl sites for hydroxylation is 1. The average Bonchev–Trinajstić information content (AvgIpc) is 3.19. The molecule has 9 heteroatoms. The summed E-state index contributed by atoms with van der Waals surface area (Å²) in [6.45, 7) is 1.98. The van der Waals surface area contributed by atoms with E-state index in [0.29, 0.717) is 33.0 Å². The van der Waals surface area contributed by atoms with Crippen molar-refractivity contribution in [2.24, 2.45) is 0 Å². The number of nitrogens with one attached hydrogen (secondary N) is 2. The second kappa shape index (κ2) is 8.30. The smallest absolute Gasteiger partial charge is 0.251 e. The minimum atomic E-state index is -0.760. The van der Waals surface area contributed by atoms with Gasteiger partial charge in [0.25, 0.3) is 5.91 Å². The molecule has 0 saturated heterocycles. The molecule has 2 aromatic carbocycles. The summed E-state index contributed by atoms with van der Waals surface area (Å²) < 4.78 is 1.58. The van der Waals surface area contributed by atoms with Crippen molar-refractivity contribution in [2.75, 3.05) is 10.6 Å². The first-order chi connectivity index (χ1) is 14.4. The van der Waals surface area contributed by atoms with Crippen LogP contribution in [0.1, 0.15) is 25.1 Å². The molecule has 3 aromatic rings. The Morgan fingerprint density at radius 2 is 1.93 bits per heavy atom. The lowest BCUT2D eigenvalue weighted by Gasteiger charge is -2.11. The molecule has 1 aliphatic rings. The highest BCUT2D eigenvalue weighted by Crippen LogP contribution is 2.39. The summed E-state index contributed by atoms with van der Waals surface area (Å²) in [5.74, 6) is -0.0766. The fraction of sp³-hybridized carbons (Fsp3) is 0.190. The highest BCUT2D eigenvalue weighted by Gasteiger charge is 2.36. The zero-order valence-electron chi connectivity index (χ0n) is 15.9. The zero-order valence-corrected chi connectivity index (χ0v) is 18.1. The molecule has 2 amide bonds. The molecule has 0 aliphatic carbocycles. The molecule has 1 unspecified atom stereocenters. The maximum Gasteiger partial charge on any atom is 0.251 e. The van der Waals surface area contributed by atoms with Gasteiger partial charge in [-0.1, -0.05) is 53.9 Å². The van der Waals surface area contributed by atoms with Gasteiger partial charge in [0, 0.05) is 15.6 Å². The fourth-order valence-corrected chi connectivity index (χ4v) is 4.13. The lowest BCUT2D eigenvalue weighted by molar-refractivity contribution is -0.123. The largest absolute Gasteiger partial charge is 0.325 e. The van der Waals surface area contributed by atoms with Gasteiger partial charge in [0.15, 0.2) is 0 Å². The Kier molecular flexibility index (Phi) is 5.73. The van der Waals surface area contributed by atoms with Gasteiger partial charge in [-0.3, -0.25) is 9.59 Å². The Hall–Kier alpha value is -2.54. The summed E-state index contributed by atoms with van der Waals surface area (Å²) in [5, 5.41) is 11.6. The normalized spacial score (nSPS) is 15.1. The number of amides is 2. The summed E-state index contributed by atoms with van der Waals surface area (Å²) in [4.78, 5) is 25.2. The van der Waals surface area contributed by atoms with Crippen LogP contribution in [-0.2, 0) is 16.0 Å². The van der Waals surface area contributed by atoms with Crippen LogP contribution in [0.5, 0.6) is 0 Å². The quantitative estimate of drug-likeness (QED) is 0.517. The fourth-order valence-electron chi connectivity index (χ4n) is 3.48. The maximum absolute atomic E-state index is 12.6. The third-order valence-electron chi connectivity index (χ3n) is 4.85. The Labute approximate surface area is 188 Å².